The fourth-order valence-corrected chi connectivity index (χ4v) is 18.8. The minimum Gasteiger partial charge on any atom is -0.354 e. The third kappa shape index (κ3) is 11.0. The normalized spacial score (nSPS) is 11.7. The van der Waals surface area contributed by atoms with Crippen LogP contribution in [-0.2, 0) is 0 Å². The number of rotatable bonds is 8. The smallest absolute Gasteiger partial charge is 0.235 e. The van der Waals surface area contributed by atoms with Crippen LogP contribution in [-0.4, -0.2) is 49.0 Å². The predicted octanol–water partition coefficient (Wildman–Crippen LogP) is 26.3. The van der Waals surface area contributed by atoms with E-state index in [-0.39, 0.29) is 5.28 Å². The zero-order valence-corrected chi connectivity index (χ0v) is 60.6. The van der Waals surface area contributed by atoms with Gasteiger partial charge >= 0.3 is 0 Å². The summed E-state index contributed by atoms with van der Waals surface area (Å²) >= 11 is 9.81. The average molecular weight is 1450 g/mol. The van der Waals surface area contributed by atoms with Crippen molar-refractivity contribution >= 4 is 162 Å². The highest BCUT2D eigenvalue weighted by molar-refractivity contribution is 7.28. The molecule has 2 N–H and O–H groups in total. The largest absolute Gasteiger partial charge is 0.354 e. The average Bonchev–Trinajstić information content (AvgIpc) is 1.56. The van der Waals surface area contributed by atoms with E-state index in [0.717, 1.165) is 100 Å². The summed E-state index contributed by atoms with van der Waals surface area (Å²) in [6.45, 7) is 0. The zero-order valence-electron chi connectivity index (χ0n) is 58.2. The van der Waals surface area contributed by atoms with Crippen molar-refractivity contribution in [3.63, 3.8) is 0 Å². The molecule has 0 bridgehead atoms. The SMILES string of the molecule is Clc1nc(-c2ccccc2)cc(-c2ccccc2)n1.c1ccc(-c2cc(-c3ccccc3)nc(-n3c4ccccc4c4c5sc6c(ccc7c6c6ccccc6n7-c6nc(-c7ccccc7)cc(-c7ccccc7)n6)c5ccc43)n2)cc1.c1ccc2c(c1)[nH]c1ccc3c4ccc5[nH]c6ccccc6c5c4sc3c12. The highest BCUT2D eigenvalue weighted by Gasteiger charge is 2.25. The molecule has 0 unspecified atom stereocenters. The van der Waals surface area contributed by atoms with Gasteiger partial charge in [0, 0.05) is 139 Å². The van der Waals surface area contributed by atoms with Gasteiger partial charge in [0.25, 0.3) is 0 Å². The van der Waals surface area contributed by atoms with E-state index < -0.39 is 0 Å². The minimum absolute atomic E-state index is 0.264. The molecule has 13 heteroatoms. The van der Waals surface area contributed by atoms with E-state index in [4.69, 9.17) is 31.5 Å². The van der Waals surface area contributed by atoms with E-state index in [0.29, 0.717) is 11.9 Å². The van der Waals surface area contributed by atoms with Crippen molar-refractivity contribution in [2.45, 2.75) is 0 Å². The number of para-hydroxylation sites is 4. The number of hydrogen-bond acceptors (Lipinski definition) is 8. The van der Waals surface area contributed by atoms with E-state index >= 15 is 0 Å². The molecule has 23 aromatic rings. The Kier molecular flexibility index (Phi) is 15.4. The van der Waals surface area contributed by atoms with Crippen LogP contribution in [0.5, 0.6) is 0 Å². The number of thiophene rings is 2. The second-order valence-corrected chi connectivity index (χ2v) is 29.5. The highest BCUT2D eigenvalue weighted by Crippen LogP contribution is 2.49. The van der Waals surface area contributed by atoms with E-state index in [1.807, 2.05) is 114 Å². The van der Waals surface area contributed by atoms with Crippen molar-refractivity contribution in [3.05, 3.63) is 351 Å². The molecular weight excluding hydrogens is 1390 g/mol. The zero-order chi connectivity index (χ0) is 72.0. The summed E-state index contributed by atoms with van der Waals surface area (Å²) in [6, 6.07) is 120. The van der Waals surface area contributed by atoms with Gasteiger partial charge in [-0.05, 0) is 78.3 Å². The van der Waals surface area contributed by atoms with Gasteiger partial charge in [0.15, 0.2) is 0 Å². The highest BCUT2D eigenvalue weighted by atomic mass is 35.5. The second kappa shape index (κ2) is 26.4. The first-order chi connectivity index (χ1) is 54.0. The van der Waals surface area contributed by atoms with E-state index in [9.17, 15) is 0 Å². The Morgan fingerprint density at radius 1 is 0.220 bits per heavy atom. The third-order valence-corrected chi connectivity index (χ3v) is 23.4. The van der Waals surface area contributed by atoms with Crippen molar-refractivity contribution in [1.29, 1.82) is 0 Å². The maximum atomic E-state index is 6.03. The van der Waals surface area contributed by atoms with Gasteiger partial charge in [-0.2, -0.15) is 0 Å². The molecule has 0 amide bonds. The van der Waals surface area contributed by atoms with Crippen LogP contribution in [0.4, 0.5) is 0 Å². The Labute approximate surface area is 636 Å². The summed E-state index contributed by atoms with van der Waals surface area (Å²) in [7, 11) is 0. The molecule has 0 saturated carbocycles. The number of hydrogen-bond donors (Lipinski definition) is 2. The van der Waals surface area contributed by atoms with E-state index in [1.165, 1.54) is 94.7 Å². The van der Waals surface area contributed by atoms with Crippen LogP contribution in [0.25, 0.3) is 207 Å². The molecule has 14 aromatic carbocycles. The Morgan fingerprint density at radius 3 is 0.817 bits per heavy atom. The molecule has 0 aliphatic rings. The monoisotopic (exact) mass is 1450 g/mol. The van der Waals surface area contributed by atoms with E-state index in [2.05, 4.69) is 284 Å². The Hall–Kier alpha value is -13.8. The van der Waals surface area contributed by atoms with Gasteiger partial charge < -0.3 is 9.97 Å². The summed E-state index contributed by atoms with van der Waals surface area (Å²) in [6.07, 6.45) is 0. The Bertz CT molecular complexity index is 6930. The molecule has 0 atom stereocenters. The first kappa shape index (κ1) is 63.7. The number of nitrogens with one attached hydrogen (secondary N) is 2. The molecule has 10 nitrogen and oxygen atoms in total. The summed E-state index contributed by atoms with van der Waals surface area (Å²) in [4.78, 5) is 36.9. The summed E-state index contributed by atoms with van der Waals surface area (Å²) in [5, 5.41) is 15.4. The lowest BCUT2D eigenvalue weighted by molar-refractivity contribution is 0.995. The summed E-state index contributed by atoms with van der Waals surface area (Å²) in [5.41, 5.74) is 20.5. The van der Waals surface area contributed by atoms with Gasteiger partial charge in [0.05, 0.1) is 56.2 Å². The Balaban J connectivity index is 0.000000133. The molecule has 0 aliphatic heterocycles. The first-order valence-corrected chi connectivity index (χ1v) is 38.2. The van der Waals surface area contributed by atoms with Crippen LogP contribution in [0, 0.1) is 0 Å². The van der Waals surface area contributed by atoms with E-state index in [1.54, 1.807) is 0 Å². The molecule has 0 saturated heterocycles. The van der Waals surface area contributed by atoms with Crippen LogP contribution in [0.3, 0.4) is 0 Å². The van der Waals surface area contributed by atoms with Gasteiger partial charge in [-0.25, -0.2) is 29.9 Å². The molecule has 512 valence electrons. The summed E-state index contributed by atoms with van der Waals surface area (Å²) in [5.74, 6) is 1.28. The fraction of sp³-hybridized carbons (Fsp3) is 0. The summed E-state index contributed by atoms with van der Waals surface area (Å²) < 4.78 is 9.71. The molecule has 109 heavy (non-hydrogen) atoms. The molecule has 23 rings (SSSR count). The molecule has 0 aliphatic carbocycles. The predicted molar refractivity (Wildman–Crippen MR) is 457 cm³/mol. The van der Waals surface area contributed by atoms with Crippen LogP contribution in [0.15, 0.2) is 346 Å². The van der Waals surface area contributed by atoms with Crippen molar-refractivity contribution in [1.82, 2.24) is 49.0 Å². The lowest BCUT2D eigenvalue weighted by atomic mass is 10.1. The van der Waals surface area contributed by atoms with Crippen LogP contribution in [0.1, 0.15) is 0 Å². The third-order valence-electron chi connectivity index (χ3n) is 20.8. The van der Waals surface area contributed by atoms with Gasteiger partial charge in [-0.15, -0.1) is 22.7 Å². The molecule has 0 fully saturated rings. The number of nitrogens with zero attached hydrogens (tertiary/aromatic N) is 8. The van der Waals surface area contributed by atoms with Crippen LogP contribution in [0.2, 0.25) is 5.28 Å². The minimum atomic E-state index is 0.264. The topological polar surface area (TPSA) is 119 Å². The lowest BCUT2D eigenvalue weighted by Gasteiger charge is -2.12. The number of aromatic nitrogens is 10. The number of halogens is 1. The Morgan fingerprint density at radius 2 is 0.486 bits per heavy atom. The second-order valence-electron chi connectivity index (χ2n) is 27.1. The fourth-order valence-electron chi connectivity index (χ4n) is 15.8. The lowest BCUT2D eigenvalue weighted by Crippen LogP contribution is -2.04. The van der Waals surface area contributed by atoms with Crippen LogP contribution < -0.4 is 0 Å². The molecule has 0 spiro atoms. The molecule has 9 heterocycles. The first-order valence-electron chi connectivity index (χ1n) is 36.2. The number of H-pyrrole nitrogens is 2. The van der Waals surface area contributed by atoms with Gasteiger partial charge in [-0.1, -0.05) is 279 Å². The molecule has 0 radical (unpaired) electrons. The maximum Gasteiger partial charge on any atom is 0.235 e. The molecule has 9 aromatic heterocycles. The van der Waals surface area contributed by atoms with Gasteiger partial charge in [0.2, 0.25) is 17.2 Å². The standard InChI is InChI=1S/C56H34N6S.C24H14N2S.C16H11ClN2/c1-5-17-35(18-6-1)43-33-44(36-19-7-2-8-20-36)58-55(57-43)61-47-27-15-13-25-41(47)51-49(61)31-29-39-40-30-32-50-52(54(40)63-53(39)51)42-26-14-16-28-48(42)62(50)56-59-45(37-21-9-3-10-22-37)34-46(60-56)38-23-11-4-12-24-38;1-3-7-17-15(5-1)21-19(25-17)11-9-13-14-10-12-20-22(24(14)27-23(13)21)16-6-2-4-8-18(16)26-20;17-16-18-14(12-7-3-1-4-8-12)11-15(19-16)13-9-5-2-6-10-13/h1-34H;1-12,25-26H;1-11H. The van der Waals surface area contributed by atoms with Crippen molar-refractivity contribution in [2.75, 3.05) is 0 Å². The molecular formula is C96H59ClN10S2. The van der Waals surface area contributed by atoms with Crippen molar-refractivity contribution < 1.29 is 0 Å². The van der Waals surface area contributed by atoms with Crippen molar-refractivity contribution in [2.24, 2.45) is 0 Å². The number of fused-ring (bicyclic) bond motifs is 22. The number of benzene rings is 14. The number of aromatic amines is 2. The van der Waals surface area contributed by atoms with Gasteiger partial charge in [0.1, 0.15) is 0 Å². The van der Waals surface area contributed by atoms with Gasteiger partial charge in [-0.3, -0.25) is 9.13 Å². The van der Waals surface area contributed by atoms with Crippen LogP contribution >= 0.6 is 34.3 Å². The maximum absolute atomic E-state index is 6.03. The quantitative estimate of drug-likeness (QED) is 0.146. The van der Waals surface area contributed by atoms with Crippen molar-refractivity contribution in [3.8, 4) is 79.4 Å².